The van der Waals surface area contributed by atoms with Gasteiger partial charge < -0.3 is 0 Å². The van der Waals surface area contributed by atoms with E-state index in [0.717, 1.165) is 10.8 Å². The summed E-state index contributed by atoms with van der Waals surface area (Å²) < 4.78 is 0. The molecule has 0 N–H and O–H groups in total. The fourth-order valence-electron chi connectivity index (χ4n) is 0.710. The summed E-state index contributed by atoms with van der Waals surface area (Å²) in [6, 6.07) is 0. The summed E-state index contributed by atoms with van der Waals surface area (Å²) in [6.07, 6.45) is 5.05. The van der Waals surface area contributed by atoms with Crippen LogP contribution >= 0.6 is 46.6 Å². The smallest absolute Gasteiger partial charge is 0.112 e. The van der Waals surface area contributed by atoms with E-state index in [-0.39, 0.29) is 4.84 Å². The number of alkyl halides is 2. The molecule has 0 aliphatic carbocycles. The van der Waals surface area contributed by atoms with Gasteiger partial charge in [0.25, 0.3) is 0 Å². The molecule has 0 nitrogen and oxygen atoms in total. The molecule has 0 unspecified atom stereocenters. The average molecular weight is 262 g/mol. The Morgan fingerprint density at radius 3 is 2.69 bits per heavy atom. The van der Waals surface area contributed by atoms with Crippen molar-refractivity contribution in [2.24, 2.45) is 0 Å². The van der Waals surface area contributed by atoms with E-state index >= 15 is 0 Å². The second-order valence-electron chi connectivity index (χ2n) is 2.67. The van der Waals surface area contributed by atoms with Gasteiger partial charge in [0.15, 0.2) is 0 Å². The molecular weight excluding hydrogens is 247 g/mol. The predicted octanol–water partition coefficient (Wildman–Crippen LogP) is 4.84. The van der Waals surface area contributed by atoms with E-state index in [0.29, 0.717) is 6.42 Å². The summed E-state index contributed by atoms with van der Waals surface area (Å²) in [5.41, 5.74) is 0. The van der Waals surface area contributed by atoms with Crippen LogP contribution in [0.25, 0.3) is 0 Å². The van der Waals surface area contributed by atoms with Gasteiger partial charge in [0.2, 0.25) is 0 Å². The third-order valence-corrected chi connectivity index (χ3v) is 3.01. The van der Waals surface area contributed by atoms with Gasteiger partial charge >= 0.3 is 0 Å². The Morgan fingerprint density at radius 1 is 1.46 bits per heavy atom. The van der Waals surface area contributed by atoms with E-state index in [9.17, 15) is 0 Å². The predicted molar refractivity (Wildman–Crippen MR) is 66.3 cm³/mol. The van der Waals surface area contributed by atoms with Crippen molar-refractivity contribution in [3.8, 4) is 0 Å². The van der Waals surface area contributed by atoms with Gasteiger partial charge in [-0.15, -0.1) is 23.2 Å². The summed E-state index contributed by atoms with van der Waals surface area (Å²) in [5.74, 6) is 2.15. The van der Waals surface area contributed by atoms with E-state index in [1.54, 1.807) is 0 Å². The van der Waals surface area contributed by atoms with Crippen LogP contribution in [0.4, 0.5) is 0 Å². The van der Waals surface area contributed by atoms with Crippen molar-refractivity contribution in [3.05, 3.63) is 11.1 Å². The number of hydrogen-bond donors (Lipinski definition) is 0. The highest BCUT2D eigenvalue weighted by atomic mass is 35.5. The van der Waals surface area contributed by atoms with Crippen molar-refractivity contribution >= 4 is 46.6 Å². The van der Waals surface area contributed by atoms with Crippen LogP contribution in [0.3, 0.4) is 0 Å². The fourth-order valence-corrected chi connectivity index (χ4v) is 2.50. The van der Waals surface area contributed by atoms with Crippen LogP contribution in [0.1, 0.15) is 26.2 Å². The van der Waals surface area contributed by atoms with Crippen LogP contribution in [-0.4, -0.2) is 16.3 Å². The molecule has 0 radical (unpaired) electrons. The summed E-state index contributed by atoms with van der Waals surface area (Å²) in [7, 11) is 0. The molecule has 0 saturated carbocycles. The molecule has 0 rings (SSSR count). The van der Waals surface area contributed by atoms with E-state index in [1.165, 1.54) is 18.6 Å². The maximum Gasteiger partial charge on any atom is 0.112 e. The minimum absolute atomic E-state index is 0.385. The van der Waals surface area contributed by atoms with Crippen molar-refractivity contribution in [2.75, 3.05) is 11.5 Å². The maximum absolute atomic E-state index is 5.87. The average Bonchev–Trinajstić information content (AvgIpc) is 2.02. The van der Waals surface area contributed by atoms with Crippen molar-refractivity contribution in [3.63, 3.8) is 0 Å². The lowest BCUT2D eigenvalue weighted by Gasteiger charge is -1.99. The minimum atomic E-state index is -0.385. The molecule has 4 heteroatoms. The minimum Gasteiger partial charge on any atom is -0.158 e. The Balaban J connectivity index is 3.36. The topological polar surface area (TPSA) is 0 Å². The number of rotatable bonds is 7. The fraction of sp³-hybridized carbons (Fsp3) is 0.778. The SMILES string of the molecule is CCCCSCC=C(Cl)CC(Cl)Cl. The van der Waals surface area contributed by atoms with E-state index in [4.69, 9.17) is 34.8 Å². The number of hydrogen-bond acceptors (Lipinski definition) is 1. The largest absolute Gasteiger partial charge is 0.158 e. The second-order valence-corrected chi connectivity index (χ2v) is 5.59. The Kier molecular flexibility index (Phi) is 10.2. The molecule has 0 aliphatic heterocycles. The van der Waals surface area contributed by atoms with Gasteiger partial charge in [-0.05, 0) is 12.2 Å². The lowest BCUT2D eigenvalue weighted by Crippen LogP contribution is -1.87. The van der Waals surface area contributed by atoms with E-state index in [2.05, 4.69) is 6.92 Å². The molecule has 13 heavy (non-hydrogen) atoms. The van der Waals surface area contributed by atoms with Crippen molar-refractivity contribution < 1.29 is 0 Å². The van der Waals surface area contributed by atoms with Gasteiger partial charge in [0.1, 0.15) is 4.84 Å². The summed E-state index contributed by atoms with van der Waals surface area (Å²) >= 11 is 18.9. The molecule has 0 aromatic rings. The first-order chi connectivity index (χ1) is 6.16. The van der Waals surface area contributed by atoms with Crippen LogP contribution in [0.2, 0.25) is 0 Å². The highest BCUT2D eigenvalue weighted by molar-refractivity contribution is 7.99. The number of halogens is 3. The van der Waals surface area contributed by atoms with Crippen molar-refractivity contribution in [1.29, 1.82) is 0 Å². The zero-order valence-electron chi connectivity index (χ0n) is 7.73. The highest BCUT2D eigenvalue weighted by Crippen LogP contribution is 2.18. The Hall–Kier alpha value is 0.960. The maximum atomic E-state index is 5.87. The third kappa shape index (κ3) is 10.9. The Morgan fingerprint density at radius 2 is 2.15 bits per heavy atom. The molecule has 0 heterocycles. The first kappa shape index (κ1) is 14.0. The summed E-state index contributed by atoms with van der Waals surface area (Å²) in [4.78, 5) is -0.385. The molecule has 0 spiro atoms. The number of unbranched alkanes of at least 4 members (excludes halogenated alkanes) is 1. The quantitative estimate of drug-likeness (QED) is 0.467. The highest BCUT2D eigenvalue weighted by Gasteiger charge is 2.00. The zero-order chi connectivity index (χ0) is 10.1. The normalized spacial score (nSPS) is 12.5. The first-order valence-electron chi connectivity index (χ1n) is 4.37. The van der Waals surface area contributed by atoms with Gasteiger partial charge in [-0.25, -0.2) is 0 Å². The van der Waals surface area contributed by atoms with Crippen LogP contribution in [0, 0.1) is 0 Å². The van der Waals surface area contributed by atoms with Gasteiger partial charge in [-0.3, -0.25) is 0 Å². The van der Waals surface area contributed by atoms with Gasteiger partial charge in [-0.2, -0.15) is 11.8 Å². The molecule has 0 atom stereocenters. The molecule has 0 fully saturated rings. The monoisotopic (exact) mass is 260 g/mol. The molecule has 0 bridgehead atoms. The third-order valence-electron chi connectivity index (χ3n) is 1.41. The van der Waals surface area contributed by atoms with Crippen molar-refractivity contribution in [2.45, 2.75) is 31.0 Å². The lowest BCUT2D eigenvalue weighted by molar-refractivity contribution is 0.897. The van der Waals surface area contributed by atoms with Crippen molar-refractivity contribution in [1.82, 2.24) is 0 Å². The molecule has 0 aliphatic rings. The number of allylic oxidation sites excluding steroid dienone is 1. The molecule has 78 valence electrons. The lowest BCUT2D eigenvalue weighted by atomic mass is 10.4. The molecule has 0 aromatic carbocycles. The molecular formula is C9H15Cl3S. The molecule has 0 amide bonds. The van der Waals surface area contributed by atoms with Crippen LogP contribution < -0.4 is 0 Å². The van der Waals surface area contributed by atoms with E-state index in [1.807, 2.05) is 17.8 Å². The van der Waals surface area contributed by atoms with Gasteiger partial charge in [0.05, 0.1) is 0 Å². The Labute approximate surface area is 100 Å². The number of thioether (sulfide) groups is 1. The van der Waals surface area contributed by atoms with E-state index < -0.39 is 0 Å². The standard InChI is InChI=1S/C9H15Cl3S/c1-2-3-5-13-6-4-8(10)7-9(11)12/h4,9H,2-3,5-7H2,1H3. The zero-order valence-corrected chi connectivity index (χ0v) is 10.8. The summed E-state index contributed by atoms with van der Waals surface area (Å²) in [6.45, 7) is 2.19. The van der Waals surface area contributed by atoms with Crippen LogP contribution in [-0.2, 0) is 0 Å². The Bertz CT molecular complexity index is 146. The second kappa shape index (κ2) is 9.51. The van der Waals surface area contributed by atoms with Gasteiger partial charge in [-0.1, -0.05) is 31.0 Å². The molecule has 0 saturated heterocycles. The summed E-state index contributed by atoms with van der Waals surface area (Å²) in [5, 5.41) is 0.763. The molecule has 0 aromatic heterocycles. The van der Waals surface area contributed by atoms with Gasteiger partial charge in [0, 0.05) is 17.2 Å². The van der Waals surface area contributed by atoms with Crippen LogP contribution in [0.5, 0.6) is 0 Å². The first-order valence-corrected chi connectivity index (χ1v) is 6.77. The van der Waals surface area contributed by atoms with Crippen LogP contribution in [0.15, 0.2) is 11.1 Å².